The lowest BCUT2D eigenvalue weighted by molar-refractivity contribution is -0.770. The lowest BCUT2D eigenvalue weighted by atomic mass is 9.58. The third-order valence-electron chi connectivity index (χ3n) is 10.2. The second kappa shape index (κ2) is 10.6. The van der Waals surface area contributed by atoms with Gasteiger partial charge in [0.05, 0.1) is 16.4 Å². The SMILES string of the molecule is CCCCc1cc[n+]2c(c1)-c1ccccc1C(C)(CC)C2(CC)CCc1cccc2oc(=O)c3ccc[n+](C)c3c12. The van der Waals surface area contributed by atoms with E-state index < -0.39 is 0 Å². The van der Waals surface area contributed by atoms with E-state index in [1.54, 1.807) is 0 Å². The summed E-state index contributed by atoms with van der Waals surface area (Å²) >= 11 is 0. The minimum absolute atomic E-state index is 0.0508. The summed E-state index contributed by atoms with van der Waals surface area (Å²) < 4.78 is 10.5. The highest BCUT2D eigenvalue weighted by Gasteiger charge is 2.58. The molecule has 0 aliphatic carbocycles. The summed E-state index contributed by atoms with van der Waals surface area (Å²) in [6, 6.07) is 23.9. The van der Waals surface area contributed by atoms with Gasteiger partial charge in [0.25, 0.3) is 0 Å². The fraction of sp³-hybridized carbons (Fsp3) is 0.378. The number of aromatic nitrogens is 2. The molecular formula is C37H42N2O2+2. The molecule has 0 radical (unpaired) electrons. The van der Waals surface area contributed by atoms with Crippen molar-refractivity contribution in [2.24, 2.45) is 7.05 Å². The fourth-order valence-electron chi connectivity index (χ4n) is 7.74. The Balaban J connectivity index is 1.54. The van der Waals surface area contributed by atoms with Crippen LogP contribution >= 0.6 is 0 Å². The quantitative estimate of drug-likeness (QED) is 0.115. The maximum atomic E-state index is 12.8. The highest BCUT2D eigenvalue weighted by atomic mass is 16.4. The Bertz CT molecular complexity index is 1820. The van der Waals surface area contributed by atoms with Crippen LogP contribution in [0.25, 0.3) is 33.1 Å². The average molecular weight is 547 g/mol. The van der Waals surface area contributed by atoms with Crippen molar-refractivity contribution in [3.05, 3.63) is 106 Å². The molecule has 0 fully saturated rings. The van der Waals surface area contributed by atoms with Crippen LogP contribution in [0.2, 0.25) is 0 Å². The van der Waals surface area contributed by atoms with E-state index in [0.717, 1.165) is 43.0 Å². The van der Waals surface area contributed by atoms with Crippen molar-refractivity contribution in [2.75, 3.05) is 0 Å². The van der Waals surface area contributed by atoms with Gasteiger partial charge in [-0.3, -0.25) is 0 Å². The fourth-order valence-corrected chi connectivity index (χ4v) is 7.74. The Morgan fingerprint density at radius 2 is 1.71 bits per heavy atom. The number of hydrogen-bond donors (Lipinski definition) is 0. The Hall–Kier alpha value is -3.79. The number of unbranched alkanes of at least 4 members (excludes halogenated alkanes) is 1. The van der Waals surface area contributed by atoms with Crippen LogP contribution in [-0.4, -0.2) is 0 Å². The molecule has 2 unspecified atom stereocenters. The van der Waals surface area contributed by atoms with Crippen LogP contribution in [0.3, 0.4) is 0 Å². The summed E-state index contributed by atoms with van der Waals surface area (Å²) in [7, 11) is 2.01. The first-order valence-corrected chi connectivity index (χ1v) is 15.4. The van der Waals surface area contributed by atoms with Gasteiger partial charge in [-0.1, -0.05) is 57.5 Å². The molecule has 0 bridgehead atoms. The van der Waals surface area contributed by atoms with Crippen molar-refractivity contribution in [3.63, 3.8) is 0 Å². The number of benzene rings is 2. The highest BCUT2D eigenvalue weighted by molar-refractivity contribution is 6.01. The lowest BCUT2D eigenvalue weighted by Gasteiger charge is -2.48. The van der Waals surface area contributed by atoms with Gasteiger partial charge in [0.15, 0.2) is 17.9 Å². The number of hydrogen-bond acceptors (Lipinski definition) is 2. The molecule has 2 aromatic carbocycles. The molecule has 41 heavy (non-hydrogen) atoms. The molecular weight excluding hydrogens is 504 g/mol. The second-order valence-corrected chi connectivity index (χ2v) is 12.1. The zero-order valence-corrected chi connectivity index (χ0v) is 25.2. The monoisotopic (exact) mass is 546 g/mol. The molecule has 1 aliphatic heterocycles. The van der Waals surface area contributed by atoms with Crippen molar-refractivity contribution in [2.45, 2.75) is 83.6 Å². The van der Waals surface area contributed by atoms with Crippen LogP contribution in [0.1, 0.15) is 76.5 Å². The Kier molecular flexibility index (Phi) is 7.05. The van der Waals surface area contributed by atoms with Gasteiger partial charge in [-0.25, -0.2) is 9.36 Å². The minimum atomic E-state index is -0.281. The van der Waals surface area contributed by atoms with Crippen molar-refractivity contribution in [1.29, 1.82) is 0 Å². The van der Waals surface area contributed by atoms with Crippen LogP contribution in [0.4, 0.5) is 0 Å². The second-order valence-electron chi connectivity index (χ2n) is 12.1. The number of nitrogens with zero attached hydrogens (tertiary/aromatic N) is 2. The van der Waals surface area contributed by atoms with Crippen molar-refractivity contribution in [3.8, 4) is 11.3 Å². The van der Waals surface area contributed by atoms with Crippen LogP contribution < -0.4 is 14.8 Å². The molecule has 2 atom stereocenters. The largest absolute Gasteiger partial charge is 0.422 e. The molecule has 0 saturated carbocycles. The van der Waals surface area contributed by atoms with Gasteiger partial charge in [-0.15, -0.1) is 0 Å². The maximum absolute atomic E-state index is 12.8. The highest BCUT2D eigenvalue weighted by Crippen LogP contribution is 2.51. The minimum Gasteiger partial charge on any atom is -0.422 e. The van der Waals surface area contributed by atoms with Crippen LogP contribution in [0.15, 0.2) is 88.3 Å². The topological polar surface area (TPSA) is 38.0 Å². The zero-order valence-electron chi connectivity index (χ0n) is 25.2. The van der Waals surface area contributed by atoms with Gasteiger partial charge in [-0.05, 0) is 67.5 Å². The first-order valence-electron chi connectivity index (χ1n) is 15.4. The number of aryl methyl sites for hydroxylation is 3. The summed E-state index contributed by atoms with van der Waals surface area (Å²) in [4.78, 5) is 12.8. The Morgan fingerprint density at radius 1 is 0.878 bits per heavy atom. The molecule has 210 valence electrons. The van der Waals surface area contributed by atoms with Crippen molar-refractivity contribution < 1.29 is 13.6 Å². The molecule has 0 N–H and O–H groups in total. The molecule has 3 aromatic heterocycles. The molecule has 4 heterocycles. The summed E-state index contributed by atoms with van der Waals surface area (Å²) in [6.07, 6.45) is 11.8. The van der Waals surface area contributed by atoms with E-state index >= 15 is 0 Å². The molecule has 4 nitrogen and oxygen atoms in total. The first kappa shape index (κ1) is 27.4. The van der Waals surface area contributed by atoms with E-state index in [2.05, 4.69) is 85.5 Å². The lowest BCUT2D eigenvalue weighted by Crippen LogP contribution is -2.69. The smallest absolute Gasteiger partial charge is 0.350 e. The molecule has 0 amide bonds. The van der Waals surface area contributed by atoms with Crippen molar-refractivity contribution >= 4 is 21.9 Å². The number of rotatable bonds is 8. The summed E-state index contributed by atoms with van der Waals surface area (Å²) in [5.41, 5.74) is 7.95. The van der Waals surface area contributed by atoms with Crippen LogP contribution in [-0.2, 0) is 30.8 Å². The van der Waals surface area contributed by atoms with Gasteiger partial charge in [-0.2, -0.15) is 4.57 Å². The standard InChI is InChI=1S/C37H42N2O2/c1-6-9-14-26-21-24-39-31(25-26)28-16-10-11-18-30(28)36(4,7-2)37(39,8-3)22-20-27-15-12-19-32-33(27)34-29(35(40)41-32)17-13-23-38(34)5/h10-13,15-19,21,23-25H,6-9,14,20,22H2,1-5H3/q+2. The summed E-state index contributed by atoms with van der Waals surface area (Å²) in [5, 5.41) is 1.68. The number of pyridine rings is 2. The van der Waals surface area contributed by atoms with E-state index in [-0.39, 0.29) is 16.6 Å². The molecule has 6 rings (SSSR count). The van der Waals surface area contributed by atoms with Crippen LogP contribution in [0.5, 0.6) is 0 Å². The predicted molar refractivity (Wildman–Crippen MR) is 166 cm³/mol. The molecule has 0 spiro atoms. The van der Waals surface area contributed by atoms with E-state index in [9.17, 15) is 4.79 Å². The Labute approximate surface area is 243 Å². The third kappa shape index (κ3) is 4.14. The van der Waals surface area contributed by atoms with E-state index in [1.165, 1.54) is 40.8 Å². The average Bonchev–Trinajstić information content (AvgIpc) is 3.00. The van der Waals surface area contributed by atoms with Gasteiger partial charge in [0.1, 0.15) is 18.0 Å². The van der Waals surface area contributed by atoms with Gasteiger partial charge < -0.3 is 4.42 Å². The predicted octanol–water partition coefficient (Wildman–Crippen LogP) is 7.49. The molecule has 4 heteroatoms. The van der Waals surface area contributed by atoms with E-state index in [1.807, 2.05) is 37.5 Å². The third-order valence-corrected chi connectivity index (χ3v) is 10.2. The van der Waals surface area contributed by atoms with Crippen LogP contribution in [0, 0.1) is 0 Å². The van der Waals surface area contributed by atoms with Gasteiger partial charge in [0.2, 0.25) is 11.2 Å². The Morgan fingerprint density at radius 3 is 2.49 bits per heavy atom. The molecule has 5 aromatic rings. The first-order chi connectivity index (χ1) is 19.9. The van der Waals surface area contributed by atoms with Crippen molar-refractivity contribution in [1.82, 2.24) is 0 Å². The van der Waals surface area contributed by atoms with E-state index in [0.29, 0.717) is 11.0 Å². The van der Waals surface area contributed by atoms with Gasteiger partial charge >= 0.3 is 5.63 Å². The van der Waals surface area contributed by atoms with E-state index in [4.69, 9.17) is 4.42 Å². The summed E-state index contributed by atoms with van der Waals surface area (Å²) in [5.74, 6) is 0. The molecule has 0 saturated heterocycles. The zero-order chi connectivity index (χ0) is 28.8. The summed E-state index contributed by atoms with van der Waals surface area (Å²) in [6.45, 7) is 9.45. The number of fused-ring (bicyclic) bond motifs is 6. The maximum Gasteiger partial charge on any atom is 0.350 e. The normalized spacial score (nSPS) is 19.8. The van der Waals surface area contributed by atoms with Gasteiger partial charge in [0, 0.05) is 31.0 Å². The molecule has 1 aliphatic rings.